The SMILES string of the molecule is COC(=O)[C@@]12OC[C@]34C([C@@H](O)[C@@H]1O)[C@@]1(C)CC(=O)C(OC[C@@](N)(C=O)CO)=C(C)[C@@H]1C[C@H]3OC(=O)[C@H](OC(=O)C=C(C)C)[C@@H]24. The van der Waals surface area contributed by atoms with Crippen LogP contribution in [0.4, 0.5) is 0 Å². The molecule has 5 rings (SSSR count). The van der Waals surface area contributed by atoms with Gasteiger partial charge in [0.05, 0.1) is 32.3 Å². The third-order valence-corrected chi connectivity index (χ3v) is 10.5. The Bertz CT molecular complexity index is 1350. The summed E-state index contributed by atoms with van der Waals surface area (Å²) in [5.41, 5.74) is 0.385. The summed E-state index contributed by atoms with van der Waals surface area (Å²) in [4.78, 5) is 65.0. The first-order valence-corrected chi connectivity index (χ1v) is 14.4. The number of ether oxygens (including phenoxy) is 5. The van der Waals surface area contributed by atoms with Crippen LogP contribution < -0.4 is 5.73 Å². The molecule has 44 heavy (non-hydrogen) atoms. The van der Waals surface area contributed by atoms with E-state index >= 15 is 0 Å². The van der Waals surface area contributed by atoms with Crippen molar-refractivity contribution in [3.05, 3.63) is 23.0 Å². The topological polar surface area (TPSA) is 218 Å². The van der Waals surface area contributed by atoms with Crippen molar-refractivity contribution in [2.75, 3.05) is 26.9 Å². The van der Waals surface area contributed by atoms with Crippen LogP contribution in [0.1, 0.15) is 40.5 Å². The van der Waals surface area contributed by atoms with Gasteiger partial charge in [-0.1, -0.05) is 12.5 Å². The summed E-state index contributed by atoms with van der Waals surface area (Å²) in [6, 6.07) is 0. The number of rotatable bonds is 8. The van der Waals surface area contributed by atoms with E-state index in [1.54, 1.807) is 27.7 Å². The zero-order chi connectivity index (χ0) is 32.6. The molecular weight excluding hydrogens is 582 g/mol. The molecule has 1 unspecified atom stereocenters. The van der Waals surface area contributed by atoms with Gasteiger partial charge in [-0.3, -0.25) is 4.79 Å². The maximum absolute atomic E-state index is 13.7. The molecule has 5 N–H and O–H groups in total. The molecule has 2 aliphatic heterocycles. The summed E-state index contributed by atoms with van der Waals surface area (Å²) < 4.78 is 28.4. The van der Waals surface area contributed by atoms with E-state index in [0.717, 1.165) is 7.11 Å². The van der Waals surface area contributed by atoms with E-state index in [1.165, 1.54) is 6.08 Å². The lowest BCUT2D eigenvalue weighted by molar-refractivity contribution is -0.290. The highest BCUT2D eigenvalue weighted by atomic mass is 16.6. The van der Waals surface area contributed by atoms with Crippen LogP contribution in [0, 0.1) is 28.6 Å². The molecule has 0 aromatic heterocycles. The Morgan fingerprint density at radius 2 is 1.89 bits per heavy atom. The molecule has 3 aliphatic carbocycles. The van der Waals surface area contributed by atoms with E-state index in [4.69, 9.17) is 29.4 Å². The van der Waals surface area contributed by atoms with Gasteiger partial charge < -0.3 is 49.5 Å². The number of aliphatic hydroxyl groups is 3. The van der Waals surface area contributed by atoms with E-state index in [-0.39, 0.29) is 25.2 Å². The van der Waals surface area contributed by atoms with Crippen LogP contribution in [0.2, 0.25) is 0 Å². The lowest BCUT2D eigenvalue weighted by Gasteiger charge is -2.67. The van der Waals surface area contributed by atoms with Crippen LogP contribution in [0.25, 0.3) is 0 Å². The summed E-state index contributed by atoms with van der Waals surface area (Å²) in [7, 11) is 1.07. The van der Waals surface area contributed by atoms with E-state index < -0.39 is 101 Å². The van der Waals surface area contributed by atoms with Crippen LogP contribution >= 0.6 is 0 Å². The number of carbonyl (C=O) groups is 5. The van der Waals surface area contributed by atoms with Gasteiger partial charge in [-0.25, -0.2) is 14.4 Å². The zero-order valence-electron chi connectivity index (χ0n) is 25.2. The Morgan fingerprint density at radius 3 is 2.48 bits per heavy atom. The number of nitrogens with two attached hydrogens (primary N) is 1. The number of hydrogen-bond acceptors (Lipinski definition) is 14. The van der Waals surface area contributed by atoms with Gasteiger partial charge in [0.15, 0.2) is 11.5 Å². The van der Waals surface area contributed by atoms with Crippen LogP contribution in [0.3, 0.4) is 0 Å². The second kappa shape index (κ2) is 10.7. The molecule has 0 radical (unpaired) electrons. The molecular formula is C30H39NO13. The third kappa shape index (κ3) is 4.21. The second-order valence-corrected chi connectivity index (χ2v) is 13.3. The lowest BCUT2D eigenvalue weighted by atomic mass is 9.38. The fourth-order valence-corrected chi connectivity index (χ4v) is 8.76. The number of allylic oxidation sites excluding steroid dienone is 3. The molecule has 11 atom stereocenters. The molecule has 0 amide bonds. The summed E-state index contributed by atoms with van der Waals surface area (Å²) >= 11 is 0. The number of aliphatic hydroxyl groups excluding tert-OH is 3. The van der Waals surface area contributed by atoms with Crippen LogP contribution in [0.5, 0.6) is 0 Å². The molecule has 2 bridgehead atoms. The van der Waals surface area contributed by atoms with Crippen molar-refractivity contribution in [1.82, 2.24) is 0 Å². The first-order valence-electron chi connectivity index (χ1n) is 14.4. The molecule has 4 fully saturated rings. The lowest BCUT2D eigenvalue weighted by Crippen LogP contribution is -2.79. The van der Waals surface area contributed by atoms with Gasteiger partial charge in [0.1, 0.15) is 30.6 Å². The summed E-state index contributed by atoms with van der Waals surface area (Å²) in [5, 5.41) is 33.1. The van der Waals surface area contributed by atoms with Gasteiger partial charge in [0.25, 0.3) is 0 Å². The smallest absolute Gasteiger partial charge is 0.348 e. The molecule has 5 aliphatic rings. The standard InChI is InChI=1S/C30H39NO13/c1-13(2)6-18(35)44-21-23-29-12-42-30(23,26(39)40-5)24(37)19(36)22(29)27(4)8-16(34)20(41-11-28(31,9-32)10-33)14(3)15(27)7-17(29)43-25(21)38/h6,9,15,17,19,21-24,33,36-37H,7-8,10-12,31H2,1-5H3/t15-,17+,19+,21+,22?,23+,24-,27-,28+,29+,30-/m0/s1. The Hall–Kier alpha value is -3.17. The number of fused-ring (bicyclic) bond motifs is 2. The molecule has 242 valence electrons. The average molecular weight is 622 g/mol. The minimum atomic E-state index is -2.27. The quantitative estimate of drug-likeness (QED) is 0.109. The van der Waals surface area contributed by atoms with Crippen molar-refractivity contribution in [2.45, 2.75) is 76.1 Å². The van der Waals surface area contributed by atoms with Crippen molar-refractivity contribution in [3.8, 4) is 0 Å². The van der Waals surface area contributed by atoms with Gasteiger partial charge in [0, 0.05) is 23.8 Å². The Balaban J connectivity index is 1.65. The number of methoxy groups -OCH3 is 1. The maximum atomic E-state index is 13.7. The number of hydrogen-bond donors (Lipinski definition) is 4. The summed E-state index contributed by atoms with van der Waals surface area (Å²) in [6.07, 6.45) is -4.87. The van der Waals surface area contributed by atoms with Gasteiger partial charge >= 0.3 is 17.9 Å². The Kier molecular flexibility index (Phi) is 7.86. The minimum Gasteiger partial charge on any atom is -0.487 e. The Labute approximate surface area is 253 Å². The molecule has 2 heterocycles. The number of aldehydes is 1. The van der Waals surface area contributed by atoms with E-state index in [1.807, 2.05) is 0 Å². The Morgan fingerprint density at radius 1 is 1.20 bits per heavy atom. The molecule has 0 aromatic carbocycles. The molecule has 2 saturated carbocycles. The van der Waals surface area contributed by atoms with Gasteiger partial charge in [-0.15, -0.1) is 0 Å². The van der Waals surface area contributed by atoms with Gasteiger partial charge in [-0.05, 0) is 44.1 Å². The molecule has 14 nitrogen and oxygen atoms in total. The van der Waals surface area contributed by atoms with Crippen LogP contribution in [-0.4, -0.2) is 108 Å². The second-order valence-electron chi connectivity index (χ2n) is 13.3. The van der Waals surface area contributed by atoms with E-state index in [9.17, 15) is 39.3 Å². The summed E-state index contributed by atoms with van der Waals surface area (Å²) in [6.45, 7) is 5.27. The van der Waals surface area contributed by atoms with Crippen molar-refractivity contribution in [1.29, 1.82) is 0 Å². The minimum absolute atomic E-state index is 0.0572. The van der Waals surface area contributed by atoms with Crippen LogP contribution in [0.15, 0.2) is 23.0 Å². The zero-order valence-corrected chi connectivity index (χ0v) is 25.2. The van der Waals surface area contributed by atoms with Gasteiger partial charge in [0.2, 0.25) is 11.7 Å². The van der Waals surface area contributed by atoms with Gasteiger partial charge in [-0.2, -0.15) is 0 Å². The molecule has 14 heteroatoms. The summed E-state index contributed by atoms with van der Waals surface area (Å²) in [5.74, 6) is -6.29. The van der Waals surface area contributed by atoms with Crippen molar-refractivity contribution >= 4 is 30.0 Å². The predicted molar refractivity (Wildman–Crippen MR) is 146 cm³/mol. The fourth-order valence-electron chi connectivity index (χ4n) is 8.76. The predicted octanol–water partition coefficient (Wildman–Crippen LogP) is -1.14. The first-order chi connectivity index (χ1) is 20.6. The molecule has 0 aromatic rings. The molecule has 2 saturated heterocycles. The van der Waals surface area contributed by atoms with Crippen molar-refractivity contribution in [3.63, 3.8) is 0 Å². The number of ketones is 1. The average Bonchev–Trinajstić information content (AvgIpc) is 3.27. The number of Topliss-reactive ketones (excluding diaryl/α,β-unsaturated/α-hetero) is 1. The largest absolute Gasteiger partial charge is 0.487 e. The van der Waals surface area contributed by atoms with Crippen molar-refractivity contribution in [2.24, 2.45) is 34.3 Å². The normalized spacial score (nSPS) is 41.8. The maximum Gasteiger partial charge on any atom is 0.348 e. The van der Waals surface area contributed by atoms with E-state index in [2.05, 4.69) is 0 Å². The number of esters is 3. The van der Waals surface area contributed by atoms with Crippen molar-refractivity contribution < 1.29 is 63.0 Å². The number of carbonyl (C=O) groups excluding carboxylic acids is 5. The highest BCUT2D eigenvalue weighted by Crippen LogP contribution is 2.72. The highest BCUT2D eigenvalue weighted by Gasteiger charge is 2.85. The monoisotopic (exact) mass is 621 g/mol. The van der Waals surface area contributed by atoms with E-state index in [0.29, 0.717) is 17.4 Å². The van der Waals surface area contributed by atoms with Crippen LogP contribution in [-0.2, 0) is 47.7 Å². The fraction of sp³-hybridized carbons (Fsp3) is 0.700. The first kappa shape index (κ1) is 32.2. The third-order valence-electron chi connectivity index (χ3n) is 10.5. The highest BCUT2D eigenvalue weighted by molar-refractivity contribution is 5.96. The molecule has 1 spiro atoms.